The summed E-state index contributed by atoms with van der Waals surface area (Å²) in [6.07, 6.45) is 1.57. The average Bonchev–Trinajstić information content (AvgIpc) is 2.85. The number of fused-ring (bicyclic) bond motifs is 1. The zero-order valence-corrected chi connectivity index (χ0v) is 12.6. The van der Waals surface area contributed by atoms with Crippen molar-refractivity contribution in [3.63, 3.8) is 0 Å². The first-order valence-electron chi connectivity index (χ1n) is 6.64. The highest BCUT2D eigenvalue weighted by Gasteiger charge is 2.44. The Balaban J connectivity index is 0.000000151. The van der Waals surface area contributed by atoms with Gasteiger partial charge in [-0.3, -0.25) is 0 Å². The summed E-state index contributed by atoms with van der Waals surface area (Å²) >= 11 is 0. The van der Waals surface area contributed by atoms with Crippen molar-refractivity contribution in [2.24, 2.45) is 0 Å². The molecule has 1 fully saturated rings. The fourth-order valence-corrected chi connectivity index (χ4v) is 1.89. The Morgan fingerprint density at radius 1 is 1.05 bits per heavy atom. The van der Waals surface area contributed by atoms with E-state index < -0.39 is 0 Å². The predicted molar refractivity (Wildman–Crippen MR) is 76.1 cm³/mol. The molecule has 1 aromatic heterocycles. The van der Waals surface area contributed by atoms with E-state index in [2.05, 4.69) is 0 Å². The highest BCUT2D eigenvalue weighted by molar-refractivity contribution is 5.80. The first-order chi connectivity index (χ1) is 9.23. The van der Waals surface area contributed by atoms with Crippen LogP contribution in [0.1, 0.15) is 33.3 Å². The minimum Gasteiger partial charge on any atom is -0.464 e. The normalized spacial score (nSPS) is 19.7. The third-order valence-corrected chi connectivity index (χ3v) is 3.99. The molecule has 0 amide bonds. The van der Waals surface area contributed by atoms with Crippen molar-refractivity contribution >= 4 is 11.0 Å². The Labute approximate surface area is 118 Å². The van der Waals surface area contributed by atoms with Gasteiger partial charge in [-0.1, -0.05) is 0 Å². The van der Waals surface area contributed by atoms with Crippen molar-refractivity contribution in [1.82, 2.24) is 0 Å². The molecule has 3 rings (SSSR count). The van der Waals surface area contributed by atoms with Crippen molar-refractivity contribution in [2.45, 2.75) is 45.8 Å². The quantitative estimate of drug-likeness (QED) is 0.715. The lowest BCUT2D eigenvalue weighted by molar-refractivity contribution is 0.00578. The number of benzene rings is 1. The molecule has 0 saturated carbocycles. The van der Waals surface area contributed by atoms with Crippen LogP contribution in [0.2, 0.25) is 0 Å². The van der Waals surface area contributed by atoms with Gasteiger partial charge in [0.15, 0.2) is 0 Å². The second-order valence-corrected chi connectivity index (χ2v) is 5.99. The second kappa shape index (κ2) is 5.19. The van der Waals surface area contributed by atoms with Gasteiger partial charge in [-0.15, -0.1) is 0 Å². The number of furan rings is 1. The van der Waals surface area contributed by atoms with Gasteiger partial charge in [0, 0.05) is 5.39 Å². The van der Waals surface area contributed by atoms with Crippen molar-refractivity contribution < 1.29 is 18.3 Å². The van der Waals surface area contributed by atoms with Gasteiger partial charge in [-0.25, -0.2) is 4.39 Å². The van der Waals surface area contributed by atoms with E-state index in [4.69, 9.17) is 13.9 Å². The van der Waals surface area contributed by atoms with Crippen molar-refractivity contribution in [1.29, 1.82) is 0 Å². The molecular formula is C16H21FO3. The summed E-state index contributed by atoms with van der Waals surface area (Å²) in [6.45, 7) is 10.4. The van der Waals surface area contributed by atoms with Gasteiger partial charge in [-0.05, 0) is 58.4 Å². The van der Waals surface area contributed by atoms with E-state index in [0.29, 0.717) is 6.79 Å². The zero-order valence-electron chi connectivity index (χ0n) is 12.6. The van der Waals surface area contributed by atoms with Crippen LogP contribution in [0.5, 0.6) is 0 Å². The Morgan fingerprint density at radius 2 is 1.65 bits per heavy atom. The minimum atomic E-state index is -0.212. The minimum absolute atomic E-state index is 0.132. The molecule has 1 aromatic carbocycles. The lowest BCUT2D eigenvalue weighted by Crippen LogP contribution is -2.41. The molecule has 0 aliphatic carbocycles. The number of hydrogen-bond donors (Lipinski definition) is 0. The Bertz CT molecular complexity index is 585. The van der Waals surface area contributed by atoms with Crippen LogP contribution < -0.4 is 0 Å². The maximum atomic E-state index is 12.7. The number of hydrogen-bond acceptors (Lipinski definition) is 3. The summed E-state index contributed by atoms with van der Waals surface area (Å²) in [5, 5.41) is 0.822. The molecule has 0 spiro atoms. The molecule has 3 nitrogen and oxygen atoms in total. The topological polar surface area (TPSA) is 31.6 Å². The molecule has 2 heterocycles. The van der Waals surface area contributed by atoms with Crippen LogP contribution in [-0.4, -0.2) is 18.0 Å². The summed E-state index contributed by atoms with van der Waals surface area (Å²) in [5.41, 5.74) is 1.34. The SMILES string of the molecule is CC1(C)OCOC1(C)C.Cc1cc(F)cc2ccoc12. The molecule has 0 N–H and O–H groups in total. The predicted octanol–water partition coefficient (Wildman–Crippen LogP) is 4.43. The third-order valence-electron chi connectivity index (χ3n) is 3.99. The maximum absolute atomic E-state index is 12.7. The Hall–Kier alpha value is -1.39. The summed E-state index contributed by atoms with van der Waals surface area (Å²) in [5.74, 6) is -0.212. The molecule has 1 aliphatic heterocycles. The molecule has 0 unspecified atom stereocenters. The van der Waals surface area contributed by atoms with Crippen molar-refractivity contribution in [3.05, 3.63) is 35.8 Å². The number of aryl methyl sites for hydroxylation is 1. The largest absolute Gasteiger partial charge is 0.464 e. The van der Waals surface area contributed by atoms with Crippen LogP contribution in [0, 0.1) is 12.7 Å². The number of rotatable bonds is 0. The van der Waals surface area contributed by atoms with E-state index >= 15 is 0 Å². The highest BCUT2D eigenvalue weighted by atomic mass is 19.1. The molecule has 20 heavy (non-hydrogen) atoms. The fourth-order valence-electron chi connectivity index (χ4n) is 1.89. The summed E-state index contributed by atoms with van der Waals surface area (Å²) in [4.78, 5) is 0. The fraction of sp³-hybridized carbons (Fsp3) is 0.500. The van der Waals surface area contributed by atoms with E-state index in [1.807, 2.05) is 34.6 Å². The van der Waals surface area contributed by atoms with Crippen LogP contribution in [0.15, 0.2) is 28.9 Å². The average molecular weight is 280 g/mol. The number of ether oxygens (including phenoxy) is 2. The maximum Gasteiger partial charge on any atom is 0.148 e. The van der Waals surface area contributed by atoms with E-state index in [1.165, 1.54) is 12.1 Å². The second-order valence-electron chi connectivity index (χ2n) is 5.99. The molecule has 110 valence electrons. The summed E-state index contributed by atoms with van der Waals surface area (Å²) in [6, 6.07) is 4.68. The molecule has 1 saturated heterocycles. The highest BCUT2D eigenvalue weighted by Crippen LogP contribution is 2.34. The summed E-state index contributed by atoms with van der Waals surface area (Å²) < 4.78 is 28.5. The van der Waals surface area contributed by atoms with Gasteiger partial charge >= 0.3 is 0 Å². The van der Waals surface area contributed by atoms with Crippen molar-refractivity contribution in [3.8, 4) is 0 Å². The number of halogens is 1. The lowest BCUT2D eigenvalue weighted by atomic mass is 9.90. The van der Waals surface area contributed by atoms with Gasteiger partial charge in [0.05, 0.1) is 17.5 Å². The van der Waals surface area contributed by atoms with E-state index in [0.717, 1.165) is 16.5 Å². The van der Waals surface area contributed by atoms with E-state index in [1.54, 1.807) is 12.3 Å². The molecular weight excluding hydrogens is 259 g/mol. The Kier molecular flexibility index (Phi) is 3.89. The van der Waals surface area contributed by atoms with Crippen molar-refractivity contribution in [2.75, 3.05) is 6.79 Å². The van der Waals surface area contributed by atoms with Crippen LogP contribution in [0.25, 0.3) is 11.0 Å². The zero-order chi connectivity index (χ0) is 15.0. The molecule has 0 radical (unpaired) electrons. The first-order valence-corrected chi connectivity index (χ1v) is 6.64. The molecule has 0 atom stereocenters. The van der Waals surface area contributed by atoms with Crippen LogP contribution in [-0.2, 0) is 9.47 Å². The smallest absolute Gasteiger partial charge is 0.148 e. The van der Waals surface area contributed by atoms with Crippen LogP contribution >= 0.6 is 0 Å². The molecule has 2 aromatic rings. The van der Waals surface area contributed by atoms with Gasteiger partial charge in [-0.2, -0.15) is 0 Å². The lowest BCUT2D eigenvalue weighted by Gasteiger charge is -2.30. The van der Waals surface area contributed by atoms with Gasteiger partial charge in [0.1, 0.15) is 18.2 Å². The van der Waals surface area contributed by atoms with Crippen LogP contribution in [0.3, 0.4) is 0 Å². The van der Waals surface area contributed by atoms with E-state index in [-0.39, 0.29) is 17.0 Å². The third kappa shape index (κ3) is 2.86. The van der Waals surface area contributed by atoms with Crippen LogP contribution in [0.4, 0.5) is 4.39 Å². The standard InChI is InChI=1S/C9H7FO.C7H14O2/c1-6-4-8(10)5-7-2-3-11-9(6)7;1-6(2)7(3,4)9-5-8-6/h2-5H,1H3;5H2,1-4H3. The van der Waals surface area contributed by atoms with Gasteiger partial charge in [0.25, 0.3) is 0 Å². The summed E-state index contributed by atoms with van der Waals surface area (Å²) in [7, 11) is 0. The Morgan fingerprint density at radius 3 is 2.15 bits per heavy atom. The van der Waals surface area contributed by atoms with Gasteiger partial charge < -0.3 is 13.9 Å². The molecule has 1 aliphatic rings. The monoisotopic (exact) mass is 280 g/mol. The molecule has 0 bridgehead atoms. The van der Waals surface area contributed by atoms with Gasteiger partial charge in [0.2, 0.25) is 0 Å². The van der Waals surface area contributed by atoms with E-state index in [9.17, 15) is 4.39 Å². The first kappa shape index (κ1) is 15.0. The molecule has 4 heteroatoms.